The van der Waals surface area contributed by atoms with Gasteiger partial charge < -0.3 is 9.84 Å². The van der Waals surface area contributed by atoms with Crippen LogP contribution in [0.1, 0.15) is 24.9 Å². The molecule has 88 valence electrons. The molecule has 0 spiro atoms. The lowest BCUT2D eigenvalue weighted by Crippen LogP contribution is -2.45. The highest BCUT2D eigenvalue weighted by Crippen LogP contribution is 2.41. The summed E-state index contributed by atoms with van der Waals surface area (Å²) in [5, 5.41) is 15.0. The van der Waals surface area contributed by atoms with E-state index >= 15 is 0 Å². The predicted octanol–water partition coefficient (Wildman–Crippen LogP) is 1.61. The molecular weight excluding hydrogens is 220 g/mol. The van der Waals surface area contributed by atoms with Crippen LogP contribution in [-0.2, 0) is 4.79 Å². The van der Waals surface area contributed by atoms with E-state index in [1.807, 2.05) is 25.1 Å². The molecule has 1 aromatic rings. The Morgan fingerprint density at radius 3 is 3.06 bits per heavy atom. The molecule has 1 aromatic carbocycles. The monoisotopic (exact) mass is 232 g/mol. The number of nitrogens with zero attached hydrogens (tertiary/aromatic N) is 2. The van der Waals surface area contributed by atoms with Gasteiger partial charge in [0.2, 0.25) is 0 Å². The summed E-state index contributed by atoms with van der Waals surface area (Å²) in [7, 11) is 0. The molecule has 0 unspecified atom stereocenters. The molecule has 2 atom stereocenters. The summed E-state index contributed by atoms with van der Waals surface area (Å²) in [6.45, 7) is 1.90. The minimum absolute atomic E-state index is 0.0129. The van der Waals surface area contributed by atoms with Gasteiger partial charge in [-0.05, 0) is 13.0 Å². The van der Waals surface area contributed by atoms with E-state index in [9.17, 15) is 4.79 Å². The van der Waals surface area contributed by atoms with E-state index in [1.165, 1.54) is 0 Å². The van der Waals surface area contributed by atoms with E-state index in [0.29, 0.717) is 5.75 Å². The van der Waals surface area contributed by atoms with Gasteiger partial charge in [-0.25, -0.2) is 9.80 Å². The molecule has 5 heteroatoms. The first-order valence-corrected chi connectivity index (χ1v) is 5.47. The quantitative estimate of drug-likeness (QED) is 0.799. The van der Waals surface area contributed by atoms with Gasteiger partial charge in [-0.1, -0.05) is 18.2 Å². The van der Waals surface area contributed by atoms with E-state index in [-0.39, 0.29) is 6.04 Å². The van der Waals surface area contributed by atoms with E-state index in [1.54, 1.807) is 11.1 Å². The normalized spacial score (nSPS) is 25.7. The first kappa shape index (κ1) is 10.1. The minimum Gasteiger partial charge on any atom is -0.477 e. The van der Waals surface area contributed by atoms with Gasteiger partial charge in [-0.15, -0.1) is 0 Å². The first-order valence-electron chi connectivity index (χ1n) is 5.47. The number of para-hydroxylation sites is 1. The van der Waals surface area contributed by atoms with Gasteiger partial charge in [-0.3, -0.25) is 0 Å². The van der Waals surface area contributed by atoms with Gasteiger partial charge in [0.05, 0.1) is 6.04 Å². The summed E-state index contributed by atoms with van der Waals surface area (Å²) in [5.74, 6) is -0.367. The van der Waals surface area contributed by atoms with Crippen LogP contribution in [0.4, 0.5) is 0 Å². The molecule has 0 amide bonds. The van der Waals surface area contributed by atoms with Gasteiger partial charge in [0.1, 0.15) is 5.75 Å². The van der Waals surface area contributed by atoms with Crippen LogP contribution >= 0.6 is 0 Å². The lowest BCUT2D eigenvalue weighted by Gasteiger charge is -2.35. The van der Waals surface area contributed by atoms with Crippen LogP contribution in [0.5, 0.6) is 5.75 Å². The van der Waals surface area contributed by atoms with Crippen molar-refractivity contribution in [3.05, 3.63) is 29.8 Å². The van der Waals surface area contributed by atoms with E-state index in [4.69, 9.17) is 9.84 Å². The average Bonchev–Trinajstić information content (AvgIpc) is 2.69. The van der Waals surface area contributed by atoms with Crippen LogP contribution in [-0.4, -0.2) is 28.0 Å². The third kappa shape index (κ3) is 1.46. The number of fused-ring (bicyclic) bond motifs is 3. The molecule has 0 saturated heterocycles. The van der Waals surface area contributed by atoms with Crippen LogP contribution in [0, 0.1) is 0 Å². The van der Waals surface area contributed by atoms with Crippen molar-refractivity contribution in [1.82, 2.24) is 5.01 Å². The standard InChI is InChI=1S/C12H12N2O3/c1-7-6-9-8-4-2-3-5-10(8)17-11(12(15)16)14(9)13-7/h2-5,9,11H,6H2,1H3,(H,15,16)/t9-,11+/m0/s1. The number of hydrazone groups is 1. The molecule has 0 fully saturated rings. The highest BCUT2D eigenvalue weighted by Gasteiger charge is 2.42. The number of carboxylic acid groups (broad SMARTS) is 1. The fraction of sp³-hybridized carbons (Fsp3) is 0.333. The second kappa shape index (κ2) is 3.48. The van der Waals surface area contributed by atoms with Crippen molar-refractivity contribution in [3.63, 3.8) is 0 Å². The van der Waals surface area contributed by atoms with E-state index in [2.05, 4.69) is 5.10 Å². The summed E-state index contributed by atoms with van der Waals surface area (Å²) < 4.78 is 5.47. The molecule has 0 radical (unpaired) electrons. The lowest BCUT2D eigenvalue weighted by molar-refractivity contribution is -0.158. The number of carboxylic acids is 1. The molecule has 1 N–H and O–H groups in total. The van der Waals surface area contributed by atoms with E-state index < -0.39 is 12.2 Å². The molecule has 17 heavy (non-hydrogen) atoms. The molecule has 2 aliphatic heterocycles. The van der Waals surface area contributed by atoms with Gasteiger partial charge in [0, 0.05) is 17.7 Å². The highest BCUT2D eigenvalue weighted by molar-refractivity contribution is 5.85. The average molecular weight is 232 g/mol. The van der Waals surface area contributed by atoms with Crippen molar-refractivity contribution >= 4 is 11.7 Å². The zero-order chi connectivity index (χ0) is 12.0. The number of rotatable bonds is 1. The number of aliphatic carboxylic acids is 1. The third-order valence-electron chi connectivity index (χ3n) is 3.06. The minimum atomic E-state index is -1.02. The Morgan fingerprint density at radius 1 is 1.53 bits per heavy atom. The molecular formula is C12H12N2O3. The molecule has 0 saturated carbocycles. The number of benzene rings is 1. The fourth-order valence-corrected chi connectivity index (χ4v) is 2.35. The Morgan fingerprint density at radius 2 is 2.29 bits per heavy atom. The molecule has 0 aliphatic carbocycles. The Labute approximate surface area is 98.3 Å². The first-order chi connectivity index (χ1) is 8.16. The summed E-state index contributed by atoms with van der Waals surface area (Å²) in [6, 6.07) is 7.52. The zero-order valence-corrected chi connectivity index (χ0v) is 9.33. The maximum absolute atomic E-state index is 11.2. The molecule has 2 heterocycles. The summed E-state index contributed by atoms with van der Waals surface area (Å²) in [4.78, 5) is 11.2. The van der Waals surface area contributed by atoms with Gasteiger partial charge in [0.25, 0.3) is 6.23 Å². The second-order valence-electron chi connectivity index (χ2n) is 4.28. The van der Waals surface area contributed by atoms with Crippen molar-refractivity contribution in [3.8, 4) is 5.75 Å². The maximum Gasteiger partial charge on any atom is 0.368 e. The van der Waals surface area contributed by atoms with Gasteiger partial charge in [-0.2, -0.15) is 5.10 Å². The van der Waals surface area contributed by atoms with Gasteiger partial charge >= 0.3 is 5.97 Å². The summed E-state index contributed by atoms with van der Waals surface area (Å²) >= 11 is 0. The lowest BCUT2D eigenvalue weighted by atomic mass is 10.00. The Balaban J connectivity index is 2.08. The van der Waals surface area contributed by atoms with Crippen molar-refractivity contribution in [2.45, 2.75) is 25.6 Å². The number of ether oxygens (including phenoxy) is 1. The fourth-order valence-electron chi connectivity index (χ4n) is 2.35. The smallest absolute Gasteiger partial charge is 0.368 e. The molecule has 2 aliphatic rings. The zero-order valence-electron chi connectivity index (χ0n) is 9.33. The Bertz CT molecular complexity index is 512. The number of hydrogen-bond donors (Lipinski definition) is 1. The molecule has 0 bridgehead atoms. The van der Waals surface area contributed by atoms with Crippen LogP contribution in [0.3, 0.4) is 0 Å². The molecule has 0 aromatic heterocycles. The van der Waals surface area contributed by atoms with Crippen molar-refractivity contribution < 1.29 is 14.6 Å². The Kier molecular flexibility index (Phi) is 2.07. The van der Waals surface area contributed by atoms with Crippen LogP contribution in [0.2, 0.25) is 0 Å². The predicted molar refractivity (Wildman–Crippen MR) is 60.8 cm³/mol. The SMILES string of the molecule is CC1=NN2[C@@H](C(=O)O)Oc3ccccc3[C@@H]2C1. The molecule has 5 nitrogen and oxygen atoms in total. The number of carbonyl (C=O) groups is 1. The third-order valence-corrected chi connectivity index (χ3v) is 3.06. The largest absolute Gasteiger partial charge is 0.477 e. The second-order valence-corrected chi connectivity index (χ2v) is 4.28. The summed E-state index contributed by atoms with van der Waals surface area (Å²) in [5.41, 5.74) is 1.94. The number of hydrogen-bond acceptors (Lipinski definition) is 4. The van der Waals surface area contributed by atoms with Crippen molar-refractivity contribution in [2.75, 3.05) is 0 Å². The van der Waals surface area contributed by atoms with Crippen LogP contribution in [0.15, 0.2) is 29.4 Å². The van der Waals surface area contributed by atoms with E-state index in [0.717, 1.165) is 17.7 Å². The van der Waals surface area contributed by atoms with Crippen molar-refractivity contribution in [1.29, 1.82) is 0 Å². The van der Waals surface area contributed by atoms with Crippen molar-refractivity contribution in [2.24, 2.45) is 5.10 Å². The topological polar surface area (TPSA) is 62.1 Å². The van der Waals surface area contributed by atoms with Crippen LogP contribution < -0.4 is 4.74 Å². The molecule has 3 rings (SSSR count). The maximum atomic E-state index is 11.2. The Hall–Kier alpha value is -2.04. The highest BCUT2D eigenvalue weighted by atomic mass is 16.5. The van der Waals surface area contributed by atoms with Crippen LogP contribution in [0.25, 0.3) is 0 Å². The summed E-state index contributed by atoms with van der Waals surface area (Å²) in [6.07, 6.45) is -0.267. The van der Waals surface area contributed by atoms with Gasteiger partial charge in [0.15, 0.2) is 0 Å².